The molecule has 1 aromatic rings. The average Bonchev–Trinajstić information content (AvgIpc) is 2.58. The van der Waals surface area contributed by atoms with Crippen LogP contribution in [0.1, 0.15) is 6.92 Å². The summed E-state index contributed by atoms with van der Waals surface area (Å²) in [6.07, 6.45) is 0. The molecule has 0 aliphatic carbocycles. The van der Waals surface area contributed by atoms with Crippen molar-refractivity contribution in [3.63, 3.8) is 0 Å². The average molecular weight is 307 g/mol. The molecule has 0 unspecified atom stereocenters. The van der Waals surface area contributed by atoms with E-state index in [1.807, 2.05) is 30.0 Å². The first-order chi connectivity index (χ1) is 10.8. The van der Waals surface area contributed by atoms with Gasteiger partial charge >= 0.3 is 6.03 Å². The van der Waals surface area contributed by atoms with Gasteiger partial charge in [-0.05, 0) is 19.1 Å². The lowest BCUT2D eigenvalue weighted by Crippen LogP contribution is -2.52. The Morgan fingerprint density at radius 3 is 2.64 bits per heavy atom. The van der Waals surface area contributed by atoms with Crippen molar-refractivity contribution < 1.29 is 14.3 Å². The monoisotopic (exact) mass is 307 g/mol. The van der Waals surface area contributed by atoms with E-state index in [1.165, 1.54) is 0 Å². The molecule has 1 heterocycles. The van der Waals surface area contributed by atoms with Gasteiger partial charge in [-0.2, -0.15) is 0 Å². The number of urea groups is 1. The standard InChI is InChI=1S/C16H25N3O3/c1-3-22-13-8-17-16(20)19-11-9-18(10-12-19)14-6-4-5-7-15(14)21-2/h4-7H,3,8-13H2,1-2H3,(H,17,20). The minimum atomic E-state index is -0.0145. The maximum absolute atomic E-state index is 12.0. The fourth-order valence-corrected chi connectivity index (χ4v) is 2.53. The molecular formula is C16H25N3O3. The van der Waals surface area contributed by atoms with Crippen molar-refractivity contribution in [2.24, 2.45) is 0 Å². The van der Waals surface area contributed by atoms with Crippen LogP contribution in [0.4, 0.5) is 10.5 Å². The van der Waals surface area contributed by atoms with Crippen molar-refractivity contribution in [1.29, 1.82) is 0 Å². The lowest BCUT2D eigenvalue weighted by molar-refractivity contribution is 0.145. The molecule has 1 N–H and O–H groups in total. The Hall–Kier alpha value is -1.95. The molecule has 2 amide bonds. The van der Waals surface area contributed by atoms with Gasteiger partial charge in [0.1, 0.15) is 5.75 Å². The van der Waals surface area contributed by atoms with Crippen molar-refractivity contribution in [3.05, 3.63) is 24.3 Å². The van der Waals surface area contributed by atoms with E-state index in [4.69, 9.17) is 9.47 Å². The highest BCUT2D eigenvalue weighted by Gasteiger charge is 2.22. The third-order valence-electron chi connectivity index (χ3n) is 3.72. The summed E-state index contributed by atoms with van der Waals surface area (Å²) in [5, 5.41) is 2.88. The van der Waals surface area contributed by atoms with Crippen LogP contribution >= 0.6 is 0 Å². The number of carbonyl (C=O) groups excluding carboxylic acids is 1. The van der Waals surface area contributed by atoms with Gasteiger partial charge in [0, 0.05) is 39.3 Å². The molecule has 0 bridgehead atoms. The normalized spacial score (nSPS) is 14.8. The Morgan fingerprint density at radius 2 is 1.95 bits per heavy atom. The first kappa shape index (κ1) is 16.4. The maximum Gasteiger partial charge on any atom is 0.317 e. The van der Waals surface area contributed by atoms with Crippen LogP contribution in [0.3, 0.4) is 0 Å². The third kappa shape index (κ3) is 4.27. The van der Waals surface area contributed by atoms with E-state index in [9.17, 15) is 4.79 Å². The highest BCUT2D eigenvalue weighted by atomic mass is 16.5. The predicted molar refractivity (Wildman–Crippen MR) is 86.7 cm³/mol. The first-order valence-corrected chi connectivity index (χ1v) is 7.74. The molecule has 1 fully saturated rings. The second-order valence-electron chi connectivity index (χ2n) is 5.07. The van der Waals surface area contributed by atoms with Gasteiger partial charge in [0.05, 0.1) is 19.4 Å². The number of amides is 2. The van der Waals surface area contributed by atoms with E-state index < -0.39 is 0 Å². The highest BCUT2D eigenvalue weighted by Crippen LogP contribution is 2.28. The number of hydrogen-bond acceptors (Lipinski definition) is 4. The van der Waals surface area contributed by atoms with Crippen LogP contribution in [-0.4, -0.2) is 64.0 Å². The number of carbonyl (C=O) groups is 1. The molecule has 0 atom stereocenters. The van der Waals surface area contributed by atoms with Crippen molar-refractivity contribution in [2.45, 2.75) is 6.92 Å². The second-order valence-corrected chi connectivity index (χ2v) is 5.07. The van der Waals surface area contributed by atoms with Crippen LogP contribution in [0, 0.1) is 0 Å². The molecule has 1 aliphatic heterocycles. The van der Waals surface area contributed by atoms with Crippen LogP contribution in [0.5, 0.6) is 5.75 Å². The summed E-state index contributed by atoms with van der Waals surface area (Å²) in [6, 6.07) is 7.97. The van der Waals surface area contributed by atoms with Crippen molar-refractivity contribution >= 4 is 11.7 Å². The van der Waals surface area contributed by atoms with Gasteiger partial charge in [0.15, 0.2) is 0 Å². The second kappa shape index (κ2) is 8.48. The predicted octanol–water partition coefficient (Wildman–Crippen LogP) is 1.56. The van der Waals surface area contributed by atoms with Gasteiger partial charge in [-0.1, -0.05) is 12.1 Å². The zero-order chi connectivity index (χ0) is 15.8. The summed E-state index contributed by atoms with van der Waals surface area (Å²) in [4.78, 5) is 16.1. The number of rotatable bonds is 6. The molecule has 1 aliphatic rings. The van der Waals surface area contributed by atoms with E-state index in [0.717, 1.165) is 24.5 Å². The van der Waals surface area contributed by atoms with Crippen LogP contribution in [0.25, 0.3) is 0 Å². The van der Waals surface area contributed by atoms with Gasteiger partial charge in [0.25, 0.3) is 0 Å². The number of nitrogens with one attached hydrogen (secondary N) is 1. The molecule has 0 aromatic heterocycles. The first-order valence-electron chi connectivity index (χ1n) is 7.74. The van der Waals surface area contributed by atoms with E-state index in [0.29, 0.717) is 32.8 Å². The number of benzene rings is 1. The Morgan fingerprint density at radius 1 is 1.23 bits per heavy atom. The fraction of sp³-hybridized carbons (Fsp3) is 0.562. The zero-order valence-corrected chi connectivity index (χ0v) is 13.4. The molecule has 2 rings (SSSR count). The van der Waals surface area contributed by atoms with Crippen LogP contribution in [-0.2, 0) is 4.74 Å². The van der Waals surface area contributed by atoms with Gasteiger partial charge in [-0.3, -0.25) is 0 Å². The third-order valence-corrected chi connectivity index (χ3v) is 3.72. The lowest BCUT2D eigenvalue weighted by Gasteiger charge is -2.36. The molecular weight excluding hydrogens is 282 g/mol. The number of hydrogen-bond donors (Lipinski definition) is 1. The van der Waals surface area contributed by atoms with Crippen molar-refractivity contribution in [2.75, 3.05) is 57.9 Å². The topological polar surface area (TPSA) is 54.0 Å². The van der Waals surface area contributed by atoms with E-state index >= 15 is 0 Å². The van der Waals surface area contributed by atoms with E-state index in [-0.39, 0.29) is 6.03 Å². The molecule has 122 valence electrons. The summed E-state index contributed by atoms with van der Waals surface area (Å²) < 4.78 is 10.6. The molecule has 0 radical (unpaired) electrons. The summed E-state index contributed by atoms with van der Waals surface area (Å²) >= 11 is 0. The number of ether oxygens (including phenoxy) is 2. The highest BCUT2D eigenvalue weighted by molar-refractivity contribution is 5.74. The largest absolute Gasteiger partial charge is 0.495 e. The SMILES string of the molecule is CCOCCNC(=O)N1CCN(c2ccccc2OC)CC1. The summed E-state index contributed by atoms with van der Waals surface area (Å²) in [7, 11) is 1.68. The quantitative estimate of drug-likeness (QED) is 0.811. The van der Waals surface area contributed by atoms with E-state index in [1.54, 1.807) is 7.11 Å². The van der Waals surface area contributed by atoms with Crippen molar-refractivity contribution in [3.8, 4) is 5.75 Å². The number of methoxy groups -OCH3 is 1. The summed E-state index contributed by atoms with van der Waals surface area (Å²) in [5.41, 5.74) is 1.08. The molecule has 1 aromatic carbocycles. The smallest absolute Gasteiger partial charge is 0.317 e. The molecule has 6 heteroatoms. The Labute approximate surface area is 132 Å². The number of para-hydroxylation sites is 2. The number of anilines is 1. The van der Waals surface area contributed by atoms with Gasteiger partial charge in [-0.15, -0.1) is 0 Å². The van der Waals surface area contributed by atoms with Crippen LogP contribution < -0.4 is 15.0 Å². The fourth-order valence-electron chi connectivity index (χ4n) is 2.53. The Balaban J connectivity index is 1.81. The minimum absolute atomic E-state index is 0.0145. The Bertz CT molecular complexity index is 473. The molecule has 1 saturated heterocycles. The number of piperazine rings is 1. The van der Waals surface area contributed by atoms with Crippen LogP contribution in [0.2, 0.25) is 0 Å². The van der Waals surface area contributed by atoms with Crippen LogP contribution in [0.15, 0.2) is 24.3 Å². The van der Waals surface area contributed by atoms with Gasteiger partial charge < -0.3 is 24.6 Å². The molecule has 0 spiro atoms. The van der Waals surface area contributed by atoms with Gasteiger partial charge in [-0.25, -0.2) is 4.79 Å². The summed E-state index contributed by atoms with van der Waals surface area (Å²) in [6.45, 7) is 6.75. The zero-order valence-electron chi connectivity index (χ0n) is 13.4. The molecule has 22 heavy (non-hydrogen) atoms. The minimum Gasteiger partial charge on any atom is -0.495 e. The maximum atomic E-state index is 12.0. The van der Waals surface area contributed by atoms with E-state index in [2.05, 4.69) is 16.3 Å². The molecule has 0 saturated carbocycles. The Kier molecular flexibility index (Phi) is 6.33. The van der Waals surface area contributed by atoms with Gasteiger partial charge in [0.2, 0.25) is 0 Å². The molecule has 6 nitrogen and oxygen atoms in total. The lowest BCUT2D eigenvalue weighted by atomic mass is 10.2. The number of nitrogens with zero attached hydrogens (tertiary/aromatic N) is 2. The van der Waals surface area contributed by atoms with Crippen molar-refractivity contribution in [1.82, 2.24) is 10.2 Å². The summed E-state index contributed by atoms with van der Waals surface area (Å²) in [5.74, 6) is 0.872.